The SMILES string of the molecule is COc1cc([N+](=O)[O-])ccc1N1C[C@H](C(=O)NCc2ccccc2)CC1=O. The van der Waals surface area contributed by atoms with Crippen LogP contribution in [0.15, 0.2) is 48.5 Å². The molecule has 8 heteroatoms. The fourth-order valence-corrected chi connectivity index (χ4v) is 3.05. The van der Waals surface area contributed by atoms with Gasteiger partial charge in [0.1, 0.15) is 5.75 Å². The molecule has 1 heterocycles. The summed E-state index contributed by atoms with van der Waals surface area (Å²) in [5.74, 6) is -0.679. The van der Waals surface area contributed by atoms with Gasteiger partial charge in [-0.3, -0.25) is 19.7 Å². The van der Waals surface area contributed by atoms with Crippen molar-refractivity contribution in [2.75, 3.05) is 18.6 Å². The minimum absolute atomic E-state index is 0.0841. The van der Waals surface area contributed by atoms with Gasteiger partial charge in [-0.2, -0.15) is 0 Å². The lowest BCUT2D eigenvalue weighted by Gasteiger charge is -2.19. The van der Waals surface area contributed by atoms with Gasteiger partial charge in [-0.15, -0.1) is 0 Å². The van der Waals surface area contributed by atoms with Crippen LogP contribution in [0.1, 0.15) is 12.0 Å². The lowest BCUT2D eigenvalue weighted by Crippen LogP contribution is -2.32. The Morgan fingerprint density at radius 2 is 2.04 bits per heavy atom. The Hall–Kier alpha value is -3.42. The number of nitrogens with one attached hydrogen (secondary N) is 1. The maximum absolute atomic E-state index is 12.4. The number of nitro groups is 1. The van der Waals surface area contributed by atoms with Crippen LogP contribution in [-0.4, -0.2) is 30.4 Å². The van der Waals surface area contributed by atoms with Gasteiger partial charge in [0, 0.05) is 25.6 Å². The molecule has 140 valence electrons. The van der Waals surface area contributed by atoms with E-state index in [0.717, 1.165) is 5.56 Å². The summed E-state index contributed by atoms with van der Waals surface area (Å²) in [4.78, 5) is 36.7. The first-order valence-corrected chi connectivity index (χ1v) is 8.44. The van der Waals surface area contributed by atoms with Crippen molar-refractivity contribution in [2.45, 2.75) is 13.0 Å². The minimum atomic E-state index is -0.530. The van der Waals surface area contributed by atoms with Crippen molar-refractivity contribution in [3.05, 3.63) is 64.2 Å². The van der Waals surface area contributed by atoms with Gasteiger partial charge in [0.05, 0.1) is 29.7 Å². The number of amides is 2. The van der Waals surface area contributed by atoms with Crippen molar-refractivity contribution in [3.63, 3.8) is 0 Å². The van der Waals surface area contributed by atoms with Gasteiger partial charge in [-0.25, -0.2) is 0 Å². The van der Waals surface area contributed by atoms with Crippen LogP contribution in [0, 0.1) is 16.0 Å². The van der Waals surface area contributed by atoms with Crippen LogP contribution in [0.25, 0.3) is 0 Å². The zero-order valence-corrected chi connectivity index (χ0v) is 14.8. The number of nitro benzene ring substituents is 1. The highest BCUT2D eigenvalue weighted by Gasteiger charge is 2.36. The molecule has 1 aliphatic rings. The molecule has 0 unspecified atom stereocenters. The van der Waals surface area contributed by atoms with E-state index in [9.17, 15) is 19.7 Å². The second-order valence-corrected chi connectivity index (χ2v) is 6.22. The summed E-state index contributed by atoms with van der Waals surface area (Å²) in [6.07, 6.45) is 0.0841. The zero-order chi connectivity index (χ0) is 19.4. The van der Waals surface area contributed by atoms with E-state index in [1.54, 1.807) is 0 Å². The topological polar surface area (TPSA) is 102 Å². The van der Waals surface area contributed by atoms with E-state index in [-0.39, 0.29) is 36.2 Å². The molecule has 1 fully saturated rings. The smallest absolute Gasteiger partial charge is 0.273 e. The Morgan fingerprint density at radius 1 is 1.30 bits per heavy atom. The molecule has 0 aliphatic carbocycles. The highest BCUT2D eigenvalue weighted by atomic mass is 16.6. The molecule has 0 aromatic heterocycles. The fraction of sp³-hybridized carbons (Fsp3) is 0.263. The van der Waals surface area contributed by atoms with E-state index in [4.69, 9.17) is 4.74 Å². The third-order valence-corrected chi connectivity index (χ3v) is 4.47. The predicted molar refractivity (Wildman–Crippen MR) is 98.4 cm³/mol. The Morgan fingerprint density at radius 3 is 2.70 bits per heavy atom. The van der Waals surface area contributed by atoms with Crippen LogP contribution < -0.4 is 15.0 Å². The summed E-state index contributed by atoms with van der Waals surface area (Å²) in [7, 11) is 1.38. The number of non-ortho nitro benzene ring substituents is 1. The quantitative estimate of drug-likeness (QED) is 0.622. The third kappa shape index (κ3) is 4.05. The Bertz CT molecular complexity index is 869. The molecule has 0 spiro atoms. The van der Waals surface area contributed by atoms with Gasteiger partial charge in [0.15, 0.2) is 0 Å². The van der Waals surface area contributed by atoms with Crippen LogP contribution >= 0.6 is 0 Å². The molecule has 27 heavy (non-hydrogen) atoms. The molecule has 2 amide bonds. The maximum atomic E-state index is 12.4. The molecule has 1 saturated heterocycles. The van der Waals surface area contributed by atoms with Crippen LogP contribution in [0.5, 0.6) is 5.75 Å². The second kappa shape index (κ2) is 7.86. The highest BCUT2D eigenvalue weighted by Crippen LogP contribution is 2.35. The molecule has 1 N–H and O–H groups in total. The van der Waals surface area contributed by atoms with Gasteiger partial charge < -0.3 is 15.0 Å². The predicted octanol–water partition coefficient (Wildman–Crippen LogP) is 2.27. The molecule has 1 aliphatic heterocycles. The first kappa shape index (κ1) is 18.4. The van der Waals surface area contributed by atoms with Gasteiger partial charge in [-0.05, 0) is 11.6 Å². The molecular formula is C19H19N3O5. The lowest BCUT2D eigenvalue weighted by molar-refractivity contribution is -0.384. The summed E-state index contributed by atoms with van der Waals surface area (Å²) in [5, 5.41) is 13.8. The molecule has 8 nitrogen and oxygen atoms in total. The summed E-state index contributed by atoms with van der Waals surface area (Å²) in [6.45, 7) is 0.596. The lowest BCUT2D eigenvalue weighted by atomic mass is 10.1. The number of carbonyl (C=O) groups excluding carboxylic acids is 2. The molecular weight excluding hydrogens is 350 g/mol. The number of nitrogens with zero attached hydrogens (tertiary/aromatic N) is 2. The molecule has 0 radical (unpaired) electrons. The summed E-state index contributed by atoms with van der Waals surface area (Å²) >= 11 is 0. The Kier molecular flexibility index (Phi) is 5.35. The van der Waals surface area contributed by atoms with Crippen LogP contribution in [0.3, 0.4) is 0 Å². The van der Waals surface area contributed by atoms with E-state index >= 15 is 0 Å². The molecule has 1 atom stereocenters. The summed E-state index contributed by atoms with van der Waals surface area (Å²) in [6, 6.07) is 13.6. The summed E-state index contributed by atoms with van der Waals surface area (Å²) < 4.78 is 5.20. The standard InChI is InChI=1S/C19H19N3O5/c1-27-17-10-15(22(25)26)7-8-16(17)21-12-14(9-18(21)23)19(24)20-11-13-5-3-2-4-6-13/h2-8,10,14H,9,11-12H2,1H3,(H,20,24)/t14-/m1/s1. The van der Waals surface area contributed by atoms with Crippen molar-refractivity contribution in [3.8, 4) is 5.75 Å². The van der Waals surface area contributed by atoms with Crippen LogP contribution in [0.4, 0.5) is 11.4 Å². The summed E-state index contributed by atoms with van der Waals surface area (Å²) in [5.41, 5.74) is 1.27. The maximum Gasteiger partial charge on any atom is 0.273 e. The van der Waals surface area contributed by atoms with Crippen molar-refractivity contribution in [1.82, 2.24) is 5.32 Å². The van der Waals surface area contributed by atoms with Gasteiger partial charge in [0.25, 0.3) is 5.69 Å². The van der Waals surface area contributed by atoms with Gasteiger partial charge in [0.2, 0.25) is 11.8 Å². The van der Waals surface area contributed by atoms with E-state index in [1.165, 1.54) is 30.2 Å². The van der Waals surface area contributed by atoms with Crippen molar-refractivity contribution >= 4 is 23.2 Å². The van der Waals surface area contributed by atoms with Crippen molar-refractivity contribution in [1.29, 1.82) is 0 Å². The first-order valence-electron chi connectivity index (χ1n) is 8.44. The zero-order valence-electron chi connectivity index (χ0n) is 14.8. The monoisotopic (exact) mass is 369 g/mol. The number of anilines is 1. The highest BCUT2D eigenvalue weighted by molar-refractivity contribution is 6.01. The number of benzene rings is 2. The third-order valence-electron chi connectivity index (χ3n) is 4.47. The Balaban J connectivity index is 1.70. The number of hydrogen-bond donors (Lipinski definition) is 1. The van der Waals surface area contributed by atoms with Gasteiger partial charge in [-0.1, -0.05) is 30.3 Å². The van der Waals surface area contributed by atoms with E-state index in [0.29, 0.717) is 12.2 Å². The normalized spacial score (nSPS) is 16.3. The number of hydrogen-bond acceptors (Lipinski definition) is 5. The van der Waals surface area contributed by atoms with Crippen LogP contribution in [0.2, 0.25) is 0 Å². The number of methoxy groups -OCH3 is 1. The average molecular weight is 369 g/mol. The Labute approximate surface area is 155 Å². The number of ether oxygens (including phenoxy) is 1. The molecule has 0 bridgehead atoms. The number of carbonyl (C=O) groups is 2. The van der Waals surface area contributed by atoms with E-state index in [1.807, 2.05) is 30.3 Å². The van der Waals surface area contributed by atoms with Gasteiger partial charge >= 0.3 is 0 Å². The second-order valence-electron chi connectivity index (χ2n) is 6.22. The average Bonchev–Trinajstić information content (AvgIpc) is 3.07. The largest absolute Gasteiger partial charge is 0.494 e. The molecule has 2 aromatic carbocycles. The minimum Gasteiger partial charge on any atom is -0.494 e. The molecule has 2 aromatic rings. The molecule has 0 saturated carbocycles. The van der Waals surface area contributed by atoms with Crippen molar-refractivity contribution in [2.24, 2.45) is 5.92 Å². The first-order chi connectivity index (χ1) is 13.0. The van der Waals surface area contributed by atoms with Crippen molar-refractivity contribution < 1.29 is 19.2 Å². The molecule has 3 rings (SSSR count). The number of rotatable bonds is 6. The fourth-order valence-electron chi connectivity index (χ4n) is 3.05. The van der Waals surface area contributed by atoms with Crippen LogP contribution in [-0.2, 0) is 16.1 Å². The van der Waals surface area contributed by atoms with E-state index < -0.39 is 10.8 Å². The van der Waals surface area contributed by atoms with E-state index in [2.05, 4.69) is 5.32 Å².